The first-order chi connectivity index (χ1) is 4.61. The van der Waals surface area contributed by atoms with E-state index in [2.05, 4.69) is 9.97 Å². The Bertz CT molecular complexity index is 238. The zero-order chi connectivity index (χ0) is 7.72. The Morgan fingerprint density at radius 1 is 1.00 bits per heavy atom. The first kappa shape index (κ1) is 6.98. The van der Waals surface area contributed by atoms with Gasteiger partial charge in [0.1, 0.15) is 0 Å². The van der Waals surface area contributed by atoms with E-state index in [-0.39, 0.29) is 5.56 Å². The predicted octanol–water partition coefficient (Wildman–Crippen LogP) is 1.20. The molecule has 0 N–H and O–H groups in total. The standard InChI is InChI=1S/C5H3F3N2/c1-2-3(6)9-5(8)10-4(2)7/h1H3. The van der Waals surface area contributed by atoms with E-state index in [1.54, 1.807) is 0 Å². The molecule has 0 radical (unpaired) electrons. The highest BCUT2D eigenvalue weighted by Gasteiger charge is 2.08. The summed E-state index contributed by atoms with van der Waals surface area (Å²) in [6.45, 7) is 1.13. The van der Waals surface area contributed by atoms with Crippen molar-refractivity contribution in [3.63, 3.8) is 0 Å². The maximum absolute atomic E-state index is 12.2. The van der Waals surface area contributed by atoms with Gasteiger partial charge < -0.3 is 0 Å². The molecule has 1 rings (SSSR count). The van der Waals surface area contributed by atoms with Crippen LogP contribution in [0.2, 0.25) is 0 Å². The number of aromatic nitrogens is 2. The molecule has 0 spiro atoms. The molecular weight excluding hydrogens is 145 g/mol. The van der Waals surface area contributed by atoms with Crippen LogP contribution in [0.25, 0.3) is 0 Å². The highest BCUT2D eigenvalue weighted by atomic mass is 19.2. The number of rotatable bonds is 0. The van der Waals surface area contributed by atoms with Crippen molar-refractivity contribution in [1.82, 2.24) is 9.97 Å². The summed E-state index contributed by atoms with van der Waals surface area (Å²) in [5.41, 5.74) is -0.374. The van der Waals surface area contributed by atoms with E-state index >= 15 is 0 Å². The van der Waals surface area contributed by atoms with E-state index in [9.17, 15) is 13.2 Å². The van der Waals surface area contributed by atoms with Crippen LogP contribution in [-0.2, 0) is 0 Å². The topological polar surface area (TPSA) is 25.8 Å². The molecule has 0 bridgehead atoms. The molecule has 54 valence electrons. The predicted molar refractivity (Wildman–Crippen MR) is 26.6 cm³/mol. The van der Waals surface area contributed by atoms with Gasteiger partial charge in [-0.25, -0.2) is 0 Å². The van der Waals surface area contributed by atoms with Crippen molar-refractivity contribution in [3.8, 4) is 0 Å². The zero-order valence-electron chi connectivity index (χ0n) is 5.03. The summed E-state index contributed by atoms with van der Waals surface area (Å²) < 4.78 is 36.3. The first-order valence-electron chi connectivity index (χ1n) is 2.46. The van der Waals surface area contributed by atoms with Gasteiger partial charge in [-0.15, -0.1) is 0 Å². The molecule has 0 aliphatic heterocycles. The Morgan fingerprint density at radius 3 is 1.80 bits per heavy atom. The minimum Gasteiger partial charge on any atom is -0.184 e. The normalized spacial score (nSPS) is 10.0. The average Bonchev–Trinajstić information content (AvgIpc) is 1.82. The molecule has 5 heteroatoms. The molecule has 1 aromatic rings. The van der Waals surface area contributed by atoms with Crippen LogP contribution >= 0.6 is 0 Å². The molecule has 1 aromatic heterocycles. The molecule has 0 unspecified atom stereocenters. The Labute approximate surface area is 54.7 Å². The molecule has 0 atom stereocenters. The lowest BCUT2D eigenvalue weighted by atomic mass is 10.4. The first-order valence-corrected chi connectivity index (χ1v) is 2.46. The van der Waals surface area contributed by atoms with E-state index in [0.717, 1.165) is 6.92 Å². The largest absolute Gasteiger partial charge is 0.313 e. The Hall–Kier alpha value is -1.13. The van der Waals surface area contributed by atoms with E-state index in [4.69, 9.17) is 0 Å². The molecule has 0 aliphatic rings. The van der Waals surface area contributed by atoms with Crippen LogP contribution < -0.4 is 0 Å². The molecule has 1 heterocycles. The van der Waals surface area contributed by atoms with Gasteiger partial charge in [0, 0.05) is 0 Å². The third kappa shape index (κ3) is 1.07. The lowest BCUT2D eigenvalue weighted by Crippen LogP contribution is -2.00. The molecule has 0 aromatic carbocycles. The third-order valence-corrected chi connectivity index (χ3v) is 1.000. The van der Waals surface area contributed by atoms with Crippen LogP contribution in [0.3, 0.4) is 0 Å². The highest BCUT2D eigenvalue weighted by molar-refractivity contribution is 5.03. The van der Waals surface area contributed by atoms with Crippen molar-refractivity contribution in [2.24, 2.45) is 0 Å². The van der Waals surface area contributed by atoms with Gasteiger partial charge in [0.2, 0.25) is 11.9 Å². The van der Waals surface area contributed by atoms with Crippen LogP contribution in [0.4, 0.5) is 13.2 Å². The molecule has 0 fully saturated rings. The zero-order valence-corrected chi connectivity index (χ0v) is 5.03. The van der Waals surface area contributed by atoms with E-state index in [1.165, 1.54) is 0 Å². The summed E-state index contributed by atoms with van der Waals surface area (Å²) in [4.78, 5) is 5.30. The summed E-state index contributed by atoms with van der Waals surface area (Å²) in [6, 6.07) is 0. The lowest BCUT2D eigenvalue weighted by molar-refractivity contribution is 0.430. The quantitative estimate of drug-likeness (QED) is 0.408. The Morgan fingerprint density at radius 2 is 1.40 bits per heavy atom. The lowest BCUT2D eigenvalue weighted by Gasteiger charge is -1.94. The van der Waals surface area contributed by atoms with Crippen LogP contribution in [0, 0.1) is 24.9 Å². The fourth-order valence-corrected chi connectivity index (χ4v) is 0.440. The Kier molecular flexibility index (Phi) is 1.57. The summed E-state index contributed by atoms with van der Waals surface area (Å²) in [5, 5.41) is 0. The second-order valence-electron chi connectivity index (χ2n) is 1.70. The minimum absolute atomic E-state index is 0.374. The summed E-state index contributed by atoms with van der Waals surface area (Å²) >= 11 is 0. The fourth-order valence-electron chi connectivity index (χ4n) is 0.440. The van der Waals surface area contributed by atoms with Crippen LogP contribution in [0.1, 0.15) is 5.56 Å². The van der Waals surface area contributed by atoms with Gasteiger partial charge >= 0.3 is 6.08 Å². The highest BCUT2D eigenvalue weighted by Crippen LogP contribution is 2.05. The van der Waals surface area contributed by atoms with Crippen molar-refractivity contribution in [3.05, 3.63) is 23.5 Å². The molecule has 0 saturated heterocycles. The molecule has 0 amide bonds. The van der Waals surface area contributed by atoms with Crippen LogP contribution in [0.5, 0.6) is 0 Å². The number of hydrogen-bond acceptors (Lipinski definition) is 2. The van der Waals surface area contributed by atoms with Crippen molar-refractivity contribution in [1.29, 1.82) is 0 Å². The van der Waals surface area contributed by atoms with Gasteiger partial charge in [-0.1, -0.05) is 0 Å². The number of hydrogen-bond donors (Lipinski definition) is 0. The van der Waals surface area contributed by atoms with Crippen LogP contribution in [0.15, 0.2) is 0 Å². The molecule has 0 aliphatic carbocycles. The molecule has 0 saturated carbocycles. The third-order valence-electron chi connectivity index (χ3n) is 1.000. The summed E-state index contributed by atoms with van der Waals surface area (Å²) in [6.07, 6.45) is -1.39. The SMILES string of the molecule is Cc1c(F)nc(F)nc1F. The van der Waals surface area contributed by atoms with Crippen molar-refractivity contribution in [2.75, 3.05) is 0 Å². The van der Waals surface area contributed by atoms with Crippen molar-refractivity contribution < 1.29 is 13.2 Å². The summed E-state index contributed by atoms with van der Waals surface area (Å²) in [7, 11) is 0. The van der Waals surface area contributed by atoms with E-state index in [0.29, 0.717) is 0 Å². The smallest absolute Gasteiger partial charge is 0.184 e. The van der Waals surface area contributed by atoms with Gasteiger partial charge in [0.25, 0.3) is 0 Å². The average molecular weight is 148 g/mol. The second kappa shape index (κ2) is 2.24. The van der Waals surface area contributed by atoms with Gasteiger partial charge in [0.15, 0.2) is 0 Å². The molecule has 2 nitrogen and oxygen atoms in total. The van der Waals surface area contributed by atoms with Crippen molar-refractivity contribution >= 4 is 0 Å². The number of halogens is 3. The summed E-state index contributed by atoms with van der Waals surface area (Å²) in [5.74, 6) is -2.32. The maximum atomic E-state index is 12.2. The monoisotopic (exact) mass is 148 g/mol. The van der Waals surface area contributed by atoms with E-state index < -0.39 is 18.0 Å². The van der Waals surface area contributed by atoms with Gasteiger partial charge in [-0.05, 0) is 6.92 Å². The van der Waals surface area contributed by atoms with Gasteiger partial charge in [-0.2, -0.15) is 23.1 Å². The van der Waals surface area contributed by atoms with Gasteiger partial charge in [-0.3, -0.25) is 0 Å². The second-order valence-corrected chi connectivity index (χ2v) is 1.70. The molecular formula is C5H3F3N2. The van der Waals surface area contributed by atoms with Crippen molar-refractivity contribution in [2.45, 2.75) is 6.92 Å². The molecule has 10 heavy (non-hydrogen) atoms. The minimum atomic E-state index is -1.39. The fraction of sp³-hybridized carbons (Fsp3) is 0.200. The maximum Gasteiger partial charge on any atom is 0.313 e. The van der Waals surface area contributed by atoms with Crippen LogP contribution in [-0.4, -0.2) is 9.97 Å². The van der Waals surface area contributed by atoms with Gasteiger partial charge in [0.05, 0.1) is 5.56 Å². The Balaban J connectivity index is 3.31. The number of nitrogens with zero attached hydrogens (tertiary/aromatic N) is 2. The van der Waals surface area contributed by atoms with E-state index in [1.807, 2.05) is 0 Å².